The summed E-state index contributed by atoms with van der Waals surface area (Å²) in [5.41, 5.74) is 8.26. The number of pyridine rings is 1. The van der Waals surface area contributed by atoms with Gasteiger partial charge < -0.3 is 10.0 Å². The van der Waals surface area contributed by atoms with Crippen molar-refractivity contribution in [2.75, 3.05) is 42.5 Å². The third-order valence-electron chi connectivity index (χ3n) is 9.43. The van der Waals surface area contributed by atoms with Gasteiger partial charge in [0.1, 0.15) is 5.75 Å². The SMILES string of the molecule is O=C1CCN(c2cnccc2CN2CCN(c3ccc([C@@H]4c5ccc(O)cc5CC[C@@H]4c4ccccc4)cc3)CC2)C(=O)N1. The summed E-state index contributed by atoms with van der Waals surface area (Å²) >= 11 is 0. The van der Waals surface area contributed by atoms with Gasteiger partial charge in [-0.25, -0.2) is 4.79 Å². The van der Waals surface area contributed by atoms with Gasteiger partial charge in [-0.15, -0.1) is 0 Å². The standard InChI is InChI=1S/C36H37N5O3/c42-30-11-13-32-27(22-30)8-12-31(25-4-2-1-3-5-25)35(32)26-6-9-29(10-7-26)40-20-18-39(19-21-40)24-28-14-16-37-23-33(28)41-17-15-34(43)38-36(41)44/h1-7,9-11,13-14,16,22-23,31,35,42H,8,12,15,17-21,24H2,(H,38,43,44)/t31-,35+/m1/s1. The summed E-state index contributed by atoms with van der Waals surface area (Å²) in [7, 11) is 0. The van der Waals surface area contributed by atoms with Gasteiger partial charge in [0.05, 0.1) is 11.9 Å². The lowest BCUT2D eigenvalue weighted by Gasteiger charge is -2.37. The van der Waals surface area contributed by atoms with E-state index >= 15 is 0 Å². The monoisotopic (exact) mass is 587 g/mol. The smallest absolute Gasteiger partial charge is 0.328 e. The van der Waals surface area contributed by atoms with E-state index in [1.807, 2.05) is 18.2 Å². The van der Waals surface area contributed by atoms with Crippen LogP contribution >= 0.6 is 0 Å². The third kappa shape index (κ3) is 5.65. The highest BCUT2D eigenvalue weighted by Gasteiger charge is 2.32. The highest BCUT2D eigenvalue weighted by Crippen LogP contribution is 2.47. The molecule has 44 heavy (non-hydrogen) atoms. The number of hydrogen-bond acceptors (Lipinski definition) is 6. The fourth-order valence-electron chi connectivity index (χ4n) is 7.16. The predicted octanol–water partition coefficient (Wildman–Crippen LogP) is 5.42. The van der Waals surface area contributed by atoms with Crippen LogP contribution in [0.2, 0.25) is 0 Å². The highest BCUT2D eigenvalue weighted by molar-refractivity contribution is 6.05. The molecule has 1 aliphatic carbocycles. The van der Waals surface area contributed by atoms with Crippen molar-refractivity contribution >= 4 is 23.3 Å². The zero-order valence-electron chi connectivity index (χ0n) is 24.7. The summed E-state index contributed by atoms with van der Waals surface area (Å²) in [6, 6.07) is 27.4. The summed E-state index contributed by atoms with van der Waals surface area (Å²) in [6.45, 7) is 4.73. The van der Waals surface area contributed by atoms with Crippen molar-refractivity contribution in [1.29, 1.82) is 0 Å². The molecule has 0 bridgehead atoms. The van der Waals surface area contributed by atoms with E-state index in [2.05, 4.69) is 80.8 Å². The van der Waals surface area contributed by atoms with E-state index in [0.29, 0.717) is 24.6 Å². The molecule has 2 atom stereocenters. The maximum absolute atomic E-state index is 12.5. The Kier molecular flexibility index (Phi) is 7.75. The number of hydrogen-bond donors (Lipinski definition) is 2. The van der Waals surface area contributed by atoms with E-state index in [9.17, 15) is 14.7 Å². The van der Waals surface area contributed by atoms with E-state index in [1.54, 1.807) is 17.3 Å². The summed E-state index contributed by atoms with van der Waals surface area (Å²) in [6.07, 6.45) is 5.79. The number of aromatic nitrogens is 1. The minimum atomic E-state index is -0.381. The van der Waals surface area contributed by atoms with Crippen molar-refractivity contribution in [1.82, 2.24) is 15.2 Å². The maximum atomic E-state index is 12.5. The third-order valence-corrected chi connectivity index (χ3v) is 9.43. The lowest BCUT2D eigenvalue weighted by Crippen LogP contribution is -2.50. The average molecular weight is 588 g/mol. The Balaban J connectivity index is 1.05. The maximum Gasteiger partial charge on any atom is 0.328 e. The molecule has 3 amide bonds. The predicted molar refractivity (Wildman–Crippen MR) is 171 cm³/mol. The van der Waals surface area contributed by atoms with Crippen LogP contribution in [0.3, 0.4) is 0 Å². The van der Waals surface area contributed by atoms with Gasteiger partial charge in [-0.05, 0) is 76.9 Å². The summed E-state index contributed by atoms with van der Waals surface area (Å²) in [4.78, 5) is 34.8. The number of aromatic hydroxyl groups is 1. The van der Waals surface area contributed by atoms with Crippen LogP contribution in [0.25, 0.3) is 0 Å². The molecule has 0 unspecified atom stereocenters. The van der Waals surface area contributed by atoms with Gasteiger partial charge in [-0.2, -0.15) is 0 Å². The largest absolute Gasteiger partial charge is 0.508 e. The molecule has 3 aliphatic rings. The molecule has 0 radical (unpaired) electrons. The topological polar surface area (TPSA) is 89.0 Å². The summed E-state index contributed by atoms with van der Waals surface area (Å²) < 4.78 is 0. The van der Waals surface area contributed by atoms with E-state index in [-0.39, 0.29) is 17.9 Å². The molecule has 8 heteroatoms. The van der Waals surface area contributed by atoms with Gasteiger partial charge in [-0.1, -0.05) is 48.5 Å². The van der Waals surface area contributed by atoms with Crippen LogP contribution in [0.5, 0.6) is 5.75 Å². The number of carbonyl (C=O) groups is 2. The number of aryl methyl sites for hydroxylation is 1. The van der Waals surface area contributed by atoms with Gasteiger partial charge in [0.2, 0.25) is 5.91 Å². The minimum absolute atomic E-state index is 0.235. The molecule has 2 aliphatic heterocycles. The number of carbonyl (C=O) groups excluding carboxylic acids is 2. The molecule has 8 nitrogen and oxygen atoms in total. The Hall–Kier alpha value is -4.69. The number of piperazine rings is 1. The second kappa shape index (κ2) is 12.1. The minimum Gasteiger partial charge on any atom is -0.508 e. The molecule has 3 aromatic carbocycles. The number of nitrogens with zero attached hydrogens (tertiary/aromatic N) is 4. The lowest BCUT2D eigenvalue weighted by molar-refractivity contribution is -0.120. The fraction of sp³-hybridized carbons (Fsp3) is 0.306. The number of nitrogens with one attached hydrogen (secondary N) is 1. The van der Waals surface area contributed by atoms with Crippen LogP contribution in [0.1, 0.15) is 52.5 Å². The van der Waals surface area contributed by atoms with Crippen LogP contribution < -0.4 is 15.1 Å². The molecule has 2 saturated heterocycles. The van der Waals surface area contributed by atoms with Crippen LogP contribution in [0.4, 0.5) is 16.2 Å². The van der Waals surface area contributed by atoms with Gasteiger partial charge in [0.25, 0.3) is 0 Å². The number of phenols is 1. The number of phenolic OH excluding ortho intramolecular Hbond substituents is 1. The highest BCUT2D eigenvalue weighted by atomic mass is 16.3. The molecule has 224 valence electrons. The van der Waals surface area contributed by atoms with Crippen LogP contribution in [0, 0.1) is 0 Å². The fourth-order valence-corrected chi connectivity index (χ4v) is 7.16. The molecular weight excluding hydrogens is 550 g/mol. The Labute approximate surface area is 257 Å². The van der Waals surface area contributed by atoms with E-state index < -0.39 is 0 Å². The molecule has 2 N–H and O–H groups in total. The average Bonchev–Trinajstić information content (AvgIpc) is 3.05. The number of fused-ring (bicyclic) bond motifs is 1. The molecule has 4 aromatic rings. The van der Waals surface area contributed by atoms with Gasteiger partial charge in [0, 0.05) is 63.5 Å². The molecule has 0 spiro atoms. The first-order valence-corrected chi connectivity index (χ1v) is 15.5. The molecule has 7 rings (SSSR count). The number of urea groups is 1. The van der Waals surface area contributed by atoms with Gasteiger partial charge >= 0.3 is 6.03 Å². The summed E-state index contributed by atoms with van der Waals surface area (Å²) in [5.74, 6) is 0.726. The first-order chi connectivity index (χ1) is 21.5. The molecule has 1 aromatic heterocycles. The van der Waals surface area contributed by atoms with Gasteiger partial charge in [-0.3, -0.25) is 24.9 Å². The Morgan fingerprint density at radius 2 is 1.64 bits per heavy atom. The Morgan fingerprint density at radius 1 is 0.841 bits per heavy atom. The first kappa shape index (κ1) is 28.1. The quantitative estimate of drug-likeness (QED) is 0.313. The second-order valence-corrected chi connectivity index (χ2v) is 12.0. The van der Waals surface area contributed by atoms with Crippen molar-refractivity contribution in [3.63, 3.8) is 0 Å². The van der Waals surface area contributed by atoms with Crippen LogP contribution in [-0.2, 0) is 17.8 Å². The van der Waals surface area contributed by atoms with Crippen molar-refractivity contribution in [2.45, 2.75) is 37.6 Å². The van der Waals surface area contributed by atoms with E-state index in [0.717, 1.165) is 56.8 Å². The first-order valence-electron chi connectivity index (χ1n) is 15.5. The normalized spacial score (nSPS) is 20.7. The zero-order valence-corrected chi connectivity index (χ0v) is 24.7. The number of amides is 3. The second-order valence-electron chi connectivity index (χ2n) is 12.0. The molecule has 0 saturated carbocycles. The van der Waals surface area contributed by atoms with Gasteiger partial charge in [0.15, 0.2) is 0 Å². The van der Waals surface area contributed by atoms with Crippen LogP contribution in [-0.4, -0.2) is 59.7 Å². The number of anilines is 2. The van der Waals surface area contributed by atoms with E-state index in [4.69, 9.17) is 0 Å². The van der Waals surface area contributed by atoms with Crippen molar-refractivity contribution in [2.24, 2.45) is 0 Å². The Bertz CT molecular complexity index is 1650. The summed E-state index contributed by atoms with van der Waals surface area (Å²) in [5, 5.41) is 12.6. The van der Waals surface area contributed by atoms with Crippen molar-refractivity contribution < 1.29 is 14.7 Å². The van der Waals surface area contributed by atoms with Crippen molar-refractivity contribution in [3.8, 4) is 5.75 Å². The molecule has 2 fully saturated rings. The lowest BCUT2D eigenvalue weighted by atomic mass is 9.69. The van der Waals surface area contributed by atoms with E-state index in [1.165, 1.54) is 27.9 Å². The van der Waals surface area contributed by atoms with Crippen molar-refractivity contribution in [3.05, 3.63) is 119 Å². The zero-order chi connectivity index (χ0) is 30.0. The van der Waals surface area contributed by atoms with Crippen LogP contribution in [0.15, 0.2) is 91.3 Å². The molecule has 3 heterocycles. The number of imide groups is 1. The number of benzene rings is 3. The number of rotatable bonds is 6. The Morgan fingerprint density at radius 3 is 2.41 bits per heavy atom. The molecular formula is C36H37N5O3.